The third kappa shape index (κ3) is 4.35. The van der Waals surface area contributed by atoms with Gasteiger partial charge in [-0.05, 0) is 0 Å². The van der Waals surface area contributed by atoms with Crippen LogP contribution in [0.15, 0.2) is 0 Å². The van der Waals surface area contributed by atoms with E-state index in [1.54, 1.807) is 20.2 Å². The van der Waals surface area contributed by atoms with Crippen molar-refractivity contribution in [2.24, 2.45) is 11.8 Å². The SMILES string of the molecule is CC(C)COP1([O][Mo])(SCC(C)C)SS1. The van der Waals surface area contributed by atoms with Crippen molar-refractivity contribution in [3.8, 4) is 0 Å². The van der Waals surface area contributed by atoms with E-state index in [4.69, 9.17) is 7.70 Å². The van der Waals surface area contributed by atoms with E-state index < -0.39 is 4.66 Å². The molecular weight excluding hydrogens is 351 g/mol. The van der Waals surface area contributed by atoms with Gasteiger partial charge >= 0.3 is 117 Å². The van der Waals surface area contributed by atoms with E-state index in [1.165, 1.54) is 0 Å². The molecule has 1 fully saturated rings. The molecule has 0 N–H and O–H groups in total. The molecule has 0 aromatic carbocycles. The van der Waals surface area contributed by atoms with Crippen molar-refractivity contribution in [3.63, 3.8) is 0 Å². The van der Waals surface area contributed by atoms with E-state index >= 15 is 0 Å². The van der Waals surface area contributed by atoms with Crippen LogP contribution in [-0.2, 0) is 27.9 Å². The minimum absolute atomic E-state index is 0.571. The van der Waals surface area contributed by atoms with Gasteiger partial charge in [-0.25, -0.2) is 0 Å². The van der Waals surface area contributed by atoms with Crippen molar-refractivity contribution < 1.29 is 27.9 Å². The van der Waals surface area contributed by atoms with Crippen LogP contribution in [0.3, 0.4) is 0 Å². The van der Waals surface area contributed by atoms with Gasteiger partial charge in [-0.2, -0.15) is 0 Å². The van der Waals surface area contributed by atoms with Gasteiger partial charge in [-0.3, -0.25) is 0 Å². The van der Waals surface area contributed by atoms with Gasteiger partial charge in [0.05, 0.1) is 0 Å². The monoisotopic (exact) mass is 371 g/mol. The Labute approximate surface area is 116 Å². The average molecular weight is 369 g/mol. The Balaban J connectivity index is 2.49. The van der Waals surface area contributed by atoms with E-state index in [-0.39, 0.29) is 0 Å². The molecule has 15 heavy (non-hydrogen) atoms. The van der Waals surface area contributed by atoms with Crippen LogP contribution >= 0.6 is 36.9 Å². The molecule has 0 saturated carbocycles. The quantitative estimate of drug-likeness (QED) is 0.270. The molecule has 1 aliphatic heterocycles. The molecule has 7 heteroatoms. The molecule has 1 heterocycles. The third-order valence-corrected chi connectivity index (χ3v) is 23.2. The summed E-state index contributed by atoms with van der Waals surface area (Å²) in [6, 6.07) is 0. The van der Waals surface area contributed by atoms with Crippen molar-refractivity contribution in [1.29, 1.82) is 0 Å². The van der Waals surface area contributed by atoms with Gasteiger partial charge in [-0.15, -0.1) is 0 Å². The van der Waals surface area contributed by atoms with Crippen molar-refractivity contribution in [2.45, 2.75) is 27.7 Å². The second-order valence-corrected chi connectivity index (χ2v) is 20.6. The fraction of sp³-hybridized carbons (Fsp3) is 1.00. The van der Waals surface area contributed by atoms with E-state index in [9.17, 15) is 0 Å². The van der Waals surface area contributed by atoms with E-state index in [2.05, 4.69) is 27.7 Å². The number of hydrogen-bond acceptors (Lipinski definition) is 5. The summed E-state index contributed by atoms with van der Waals surface area (Å²) in [5.74, 6) is 2.38. The van der Waals surface area contributed by atoms with Crippen LogP contribution in [-0.4, -0.2) is 12.4 Å². The fourth-order valence-corrected chi connectivity index (χ4v) is 20.9. The zero-order valence-corrected chi connectivity index (χ0v) is 14.8. The molecule has 2 nitrogen and oxygen atoms in total. The number of hydrogen-bond donors (Lipinski definition) is 0. The Bertz CT molecular complexity index is 208. The molecule has 0 atom stereocenters. The maximum absolute atomic E-state index is 6.09. The minimum atomic E-state index is -2.31. The maximum atomic E-state index is 6.09. The van der Waals surface area contributed by atoms with Crippen molar-refractivity contribution in [2.75, 3.05) is 12.4 Å². The molecule has 91 valence electrons. The first kappa shape index (κ1) is 15.1. The molecular formula is C8H18MoO2PS3. The molecule has 0 aromatic heterocycles. The molecule has 0 bridgehead atoms. The zero-order valence-electron chi connectivity index (χ0n) is 9.47. The predicted molar refractivity (Wildman–Crippen MR) is 71.3 cm³/mol. The second-order valence-electron chi connectivity index (χ2n) is 4.35. The van der Waals surface area contributed by atoms with Gasteiger partial charge < -0.3 is 0 Å². The van der Waals surface area contributed by atoms with Crippen LogP contribution in [0.25, 0.3) is 0 Å². The zero-order chi connectivity index (χ0) is 11.6. The summed E-state index contributed by atoms with van der Waals surface area (Å²) in [5.41, 5.74) is 0. The molecule has 1 rings (SSSR count). The second kappa shape index (κ2) is 5.82. The first-order valence-electron chi connectivity index (χ1n) is 4.95. The summed E-state index contributed by atoms with van der Waals surface area (Å²) < 4.78 is 9.52. The molecule has 0 unspecified atom stereocenters. The van der Waals surface area contributed by atoms with Crippen LogP contribution in [0.5, 0.6) is 0 Å². The Kier molecular flexibility index (Phi) is 5.88. The Hall–Kier alpha value is 2.09. The predicted octanol–water partition coefficient (Wildman–Crippen LogP) is 5.05. The Morgan fingerprint density at radius 2 is 1.80 bits per heavy atom. The van der Waals surface area contributed by atoms with Crippen LogP contribution in [0.1, 0.15) is 27.7 Å². The van der Waals surface area contributed by atoms with Gasteiger partial charge in [0, 0.05) is 0 Å². The first-order valence-corrected chi connectivity index (χ1v) is 12.8. The average Bonchev–Trinajstić information content (AvgIpc) is 2.91. The van der Waals surface area contributed by atoms with Crippen LogP contribution in [0, 0.1) is 11.8 Å². The summed E-state index contributed by atoms with van der Waals surface area (Å²) >= 11 is 3.62. The molecule has 1 aliphatic rings. The van der Waals surface area contributed by atoms with Gasteiger partial charge in [-0.1, -0.05) is 0 Å². The van der Waals surface area contributed by atoms with Crippen LogP contribution < -0.4 is 0 Å². The van der Waals surface area contributed by atoms with Crippen LogP contribution in [0.4, 0.5) is 0 Å². The fourth-order valence-electron chi connectivity index (χ4n) is 0.774. The van der Waals surface area contributed by atoms with E-state index in [1.807, 2.05) is 32.2 Å². The molecule has 0 aromatic rings. The summed E-state index contributed by atoms with van der Waals surface area (Å²) in [6.45, 7) is 9.63. The Morgan fingerprint density at radius 1 is 1.20 bits per heavy atom. The topological polar surface area (TPSA) is 18.5 Å². The number of rotatable bonds is 7. The van der Waals surface area contributed by atoms with Crippen LogP contribution in [0.2, 0.25) is 0 Å². The summed E-state index contributed by atoms with van der Waals surface area (Å²) in [4.78, 5) is 0. The summed E-state index contributed by atoms with van der Waals surface area (Å²) in [5, 5.41) is 0. The molecule has 0 aliphatic carbocycles. The standard InChI is InChI=1S/C8H18O2PS3.Mo/c1-7(2)5-10-11(9,13-14-11)12-6-8(3)4;/h7-8H,5-6H2,1-4H3;/q-1;+1. The third-order valence-electron chi connectivity index (χ3n) is 1.62. The first-order chi connectivity index (χ1) is 6.91. The molecule has 0 amide bonds. The Morgan fingerprint density at radius 3 is 2.13 bits per heavy atom. The van der Waals surface area contributed by atoms with Gasteiger partial charge in [0.2, 0.25) is 0 Å². The van der Waals surface area contributed by atoms with E-state index in [0.717, 1.165) is 12.4 Å². The summed E-state index contributed by atoms with van der Waals surface area (Å²) in [7, 11) is 3.63. The van der Waals surface area contributed by atoms with Crippen molar-refractivity contribution in [1.82, 2.24) is 0 Å². The molecule has 0 radical (unpaired) electrons. The summed E-state index contributed by atoms with van der Waals surface area (Å²) in [6.07, 6.45) is 0. The normalized spacial score (nSPS) is 25.1. The van der Waals surface area contributed by atoms with E-state index in [0.29, 0.717) is 11.8 Å². The van der Waals surface area contributed by atoms with Crippen molar-refractivity contribution >= 4 is 36.9 Å². The molecule has 1 saturated heterocycles. The molecule has 0 spiro atoms. The van der Waals surface area contributed by atoms with Crippen molar-refractivity contribution in [3.05, 3.63) is 0 Å². The van der Waals surface area contributed by atoms with Gasteiger partial charge in [0.15, 0.2) is 0 Å². The van der Waals surface area contributed by atoms with Gasteiger partial charge in [0.1, 0.15) is 0 Å². The van der Waals surface area contributed by atoms with Gasteiger partial charge in [0.25, 0.3) is 0 Å².